The van der Waals surface area contributed by atoms with Crippen molar-refractivity contribution < 1.29 is 79.3 Å². The lowest BCUT2D eigenvalue weighted by atomic mass is 9.76. The molecule has 1 unspecified atom stereocenters. The predicted octanol–water partition coefficient (Wildman–Crippen LogP) is 6.86. The highest BCUT2D eigenvalue weighted by Gasteiger charge is 2.55. The molecule has 1 atom stereocenters. The number of nitrogens with one attached hydrogen (secondary N) is 2. The van der Waals surface area contributed by atoms with Crippen LogP contribution in [0, 0.1) is 31.9 Å². The van der Waals surface area contributed by atoms with Gasteiger partial charge in [-0.25, -0.2) is 23.2 Å². The Kier molecular flexibility index (Phi) is 14.5. The van der Waals surface area contributed by atoms with Crippen LogP contribution in [-0.2, 0) is 43.1 Å². The molecule has 4 amide bonds. The maximum Gasteiger partial charge on any atom is 0.414 e. The molecule has 1 spiro atoms. The Morgan fingerprint density at radius 1 is 0.712 bits per heavy atom. The molecule has 0 aromatic heterocycles. The standard InChI is InChI=1S/C47H40F2N6O17S/c1-5-12-50-42(57)26-7-10-36(54(62)63)28(15-26)22-69-45(60)52(3)38-20-40-32(18-34(38)48)47(31-17-25(24(2)56)6-9-30(31)44(59)72-47)33-19-35(49)39(21-41(33)71-40)53(4)46(61)70-23-29-16-27(8-11-37(29)55(64)65)43(58)51-13-14-73(66,67)68/h6-11,15-21H,5,12-14,22-23H2,1-4H3,(H,50,57)(H,51,58)(H,66,67,68). The van der Waals surface area contributed by atoms with Gasteiger partial charge in [0.15, 0.2) is 11.4 Å². The monoisotopic (exact) mass is 1030 g/mol. The van der Waals surface area contributed by atoms with Crippen molar-refractivity contribution in [3.8, 4) is 11.5 Å². The van der Waals surface area contributed by atoms with Crippen LogP contribution in [0.1, 0.15) is 89.5 Å². The van der Waals surface area contributed by atoms with E-state index in [9.17, 15) is 57.4 Å². The van der Waals surface area contributed by atoms with Crippen molar-refractivity contribution in [2.75, 3.05) is 42.7 Å². The molecule has 26 heteroatoms. The second-order valence-corrected chi connectivity index (χ2v) is 17.9. The van der Waals surface area contributed by atoms with Crippen molar-refractivity contribution in [3.05, 3.63) is 161 Å². The van der Waals surface area contributed by atoms with Crippen molar-refractivity contribution in [2.45, 2.75) is 39.1 Å². The SMILES string of the molecule is CCCNC(=O)c1ccc([N+](=O)[O-])c(COC(=O)N(C)c2cc3c(cc2F)C2(OC(=O)c4ccc(C(C)=O)cc42)c2cc(F)c(N(C)C(=O)OCc4cc(C(=O)NCCS(=O)(=O)O)ccc4[N+](=O)[O-])cc2O3)c1. The maximum absolute atomic E-state index is 16.6. The van der Waals surface area contributed by atoms with Gasteiger partial charge >= 0.3 is 18.2 Å². The number of ether oxygens (including phenoxy) is 4. The zero-order valence-electron chi connectivity index (χ0n) is 38.7. The lowest BCUT2D eigenvalue weighted by Gasteiger charge is -2.37. The summed E-state index contributed by atoms with van der Waals surface area (Å²) in [6.07, 6.45) is -1.95. The normalized spacial score (nSPS) is 14.1. The van der Waals surface area contributed by atoms with Gasteiger partial charge in [-0.2, -0.15) is 8.42 Å². The third kappa shape index (κ3) is 10.5. The number of ketones is 1. The van der Waals surface area contributed by atoms with E-state index in [-0.39, 0.29) is 61.6 Å². The molecule has 73 heavy (non-hydrogen) atoms. The van der Waals surface area contributed by atoms with Crippen molar-refractivity contribution >= 4 is 68.6 Å². The van der Waals surface area contributed by atoms with E-state index < -0.39 is 121 Å². The van der Waals surface area contributed by atoms with Crippen LogP contribution >= 0.6 is 0 Å². The molecule has 0 fully saturated rings. The minimum atomic E-state index is -4.44. The van der Waals surface area contributed by atoms with Crippen molar-refractivity contribution in [1.82, 2.24) is 10.6 Å². The number of halogens is 2. The smallest absolute Gasteiger partial charge is 0.414 e. The molecule has 3 N–H and O–H groups in total. The maximum atomic E-state index is 16.6. The van der Waals surface area contributed by atoms with Crippen LogP contribution in [0.2, 0.25) is 0 Å². The van der Waals surface area contributed by atoms with E-state index in [1.54, 1.807) is 0 Å². The number of carbonyl (C=O) groups excluding carboxylic acids is 6. The van der Waals surface area contributed by atoms with Crippen LogP contribution in [0.25, 0.3) is 0 Å². The van der Waals surface area contributed by atoms with Crippen molar-refractivity contribution in [1.29, 1.82) is 0 Å². The van der Waals surface area contributed by atoms with Gasteiger partial charge in [-0.3, -0.25) is 49.0 Å². The largest absolute Gasteiger partial charge is 0.456 e. The summed E-state index contributed by atoms with van der Waals surface area (Å²) in [6, 6.07) is 14.0. The first-order valence-corrected chi connectivity index (χ1v) is 23.2. The van der Waals surface area contributed by atoms with Gasteiger partial charge in [-0.1, -0.05) is 13.0 Å². The number of anilines is 2. The Bertz CT molecular complexity index is 3320. The second kappa shape index (κ2) is 20.4. The van der Waals surface area contributed by atoms with Gasteiger partial charge in [0, 0.05) is 73.7 Å². The van der Waals surface area contributed by atoms with E-state index in [1.807, 2.05) is 6.92 Å². The number of rotatable bonds is 16. The molecule has 0 bridgehead atoms. The van der Waals surface area contributed by atoms with Gasteiger partial charge in [0.05, 0.1) is 54.8 Å². The van der Waals surface area contributed by atoms with Crippen LogP contribution in [0.5, 0.6) is 11.5 Å². The van der Waals surface area contributed by atoms with E-state index in [2.05, 4.69) is 10.6 Å². The van der Waals surface area contributed by atoms with Crippen molar-refractivity contribution in [2.24, 2.45) is 0 Å². The number of Topliss-reactive ketones (excluding diaryl/α,β-unsaturated/α-hetero) is 1. The molecule has 23 nitrogen and oxygen atoms in total. The summed E-state index contributed by atoms with van der Waals surface area (Å²) in [6.45, 7) is 1.26. The number of fused-ring (bicyclic) bond motifs is 6. The van der Waals surface area contributed by atoms with Gasteiger partial charge < -0.3 is 29.6 Å². The number of esters is 1. The third-order valence-electron chi connectivity index (χ3n) is 11.6. The van der Waals surface area contributed by atoms with Gasteiger partial charge in [0.2, 0.25) is 0 Å². The Morgan fingerprint density at radius 2 is 1.18 bits per heavy atom. The van der Waals surface area contributed by atoms with Gasteiger partial charge in [-0.05, 0) is 61.9 Å². The Morgan fingerprint density at radius 3 is 1.62 bits per heavy atom. The number of hydrogen-bond acceptors (Lipinski definition) is 16. The minimum Gasteiger partial charge on any atom is -0.456 e. The first-order chi connectivity index (χ1) is 34.4. The fourth-order valence-electron chi connectivity index (χ4n) is 7.91. The molecule has 0 saturated heterocycles. The molecule has 0 aliphatic carbocycles. The minimum absolute atomic E-state index is 0.0394. The van der Waals surface area contributed by atoms with E-state index in [1.165, 1.54) is 37.3 Å². The van der Waals surface area contributed by atoms with Gasteiger partial charge in [-0.15, -0.1) is 0 Å². The molecular formula is C47H40F2N6O17S. The molecule has 380 valence electrons. The van der Waals surface area contributed by atoms with Crippen molar-refractivity contribution in [3.63, 3.8) is 0 Å². The molecule has 5 aromatic carbocycles. The van der Waals surface area contributed by atoms with E-state index >= 15 is 8.78 Å². The Labute approximate surface area is 411 Å². The molecule has 2 heterocycles. The average molecular weight is 1030 g/mol. The summed E-state index contributed by atoms with van der Waals surface area (Å²) in [5.41, 5.74) is -5.66. The molecule has 2 aliphatic rings. The van der Waals surface area contributed by atoms with Crippen LogP contribution < -0.4 is 25.2 Å². The number of nitro groups is 2. The van der Waals surface area contributed by atoms with E-state index in [0.29, 0.717) is 22.8 Å². The summed E-state index contributed by atoms with van der Waals surface area (Å²) in [5, 5.41) is 28.6. The predicted molar refractivity (Wildman–Crippen MR) is 249 cm³/mol. The molecule has 0 saturated carbocycles. The zero-order chi connectivity index (χ0) is 53.3. The summed E-state index contributed by atoms with van der Waals surface area (Å²) >= 11 is 0. The fraction of sp³-hybridized carbons (Fsp3) is 0.234. The van der Waals surface area contributed by atoms with E-state index in [4.69, 9.17) is 23.5 Å². The first-order valence-electron chi connectivity index (χ1n) is 21.6. The van der Waals surface area contributed by atoms with Crippen LogP contribution in [0.15, 0.2) is 78.9 Å². The molecule has 0 radical (unpaired) electrons. The average Bonchev–Trinajstić information content (AvgIpc) is 3.64. The molecular weight excluding hydrogens is 991 g/mol. The number of benzene rings is 5. The van der Waals surface area contributed by atoms with Crippen LogP contribution in [-0.4, -0.2) is 91.5 Å². The van der Waals surface area contributed by atoms with E-state index in [0.717, 1.165) is 62.6 Å². The number of hydrogen-bond donors (Lipinski definition) is 3. The third-order valence-corrected chi connectivity index (χ3v) is 12.3. The topological polar surface area (TPSA) is 311 Å². The zero-order valence-corrected chi connectivity index (χ0v) is 39.5. The molecule has 7 rings (SSSR count). The Balaban J connectivity index is 1.22. The fourth-order valence-corrected chi connectivity index (χ4v) is 8.27. The van der Waals surface area contributed by atoms with Gasteiger partial charge in [0.25, 0.3) is 33.3 Å². The number of nitrogens with zero attached hydrogens (tertiary/aromatic N) is 4. The first kappa shape index (κ1) is 51.9. The Hall–Kier alpha value is -8.91. The highest BCUT2D eigenvalue weighted by atomic mass is 32.2. The number of carbonyl (C=O) groups is 6. The summed E-state index contributed by atoms with van der Waals surface area (Å²) in [7, 11) is -2.29. The lowest BCUT2D eigenvalue weighted by Crippen LogP contribution is -2.35. The summed E-state index contributed by atoms with van der Waals surface area (Å²) < 4.78 is 87.1. The number of amides is 4. The molecule has 2 aliphatic heterocycles. The summed E-state index contributed by atoms with van der Waals surface area (Å²) in [5.74, 6) is -6.66. The molecule has 5 aromatic rings. The van der Waals surface area contributed by atoms with Crippen LogP contribution in [0.3, 0.4) is 0 Å². The van der Waals surface area contributed by atoms with Gasteiger partial charge in [0.1, 0.15) is 36.3 Å². The quantitative estimate of drug-likeness (QED) is 0.0227. The highest BCUT2D eigenvalue weighted by molar-refractivity contribution is 7.85. The summed E-state index contributed by atoms with van der Waals surface area (Å²) in [4.78, 5) is 102. The number of nitro benzene ring substituents is 2. The van der Waals surface area contributed by atoms with Crippen LogP contribution in [0.4, 0.5) is 41.1 Å². The highest BCUT2D eigenvalue weighted by Crippen LogP contribution is 2.58. The lowest BCUT2D eigenvalue weighted by molar-refractivity contribution is -0.386. The second-order valence-electron chi connectivity index (χ2n) is 16.3.